The average molecular weight is 396 g/mol. The number of nitrogens with one attached hydrogen (secondary N) is 2. The van der Waals surface area contributed by atoms with E-state index < -0.39 is 0 Å². The number of aryl methyl sites for hydroxylation is 1. The minimum absolute atomic E-state index is 0.217. The molecule has 150 valence electrons. The van der Waals surface area contributed by atoms with Crippen molar-refractivity contribution < 1.29 is 18.7 Å². The Morgan fingerprint density at radius 2 is 1.72 bits per heavy atom. The minimum atomic E-state index is -0.382. The van der Waals surface area contributed by atoms with Crippen molar-refractivity contribution in [3.05, 3.63) is 71.3 Å². The highest BCUT2D eigenvalue weighted by atomic mass is 19.1. The Morgan fingerprint density at radius 3 is 2.41 bits per heavy atom. The summed E-state index contributed by atoms with van der Waals surface area (Å²) in [5.74, 6) is 0.704. The van der Waals surface area contributed by atoms with Gasteiger partial charge in [0.05, 0.1) is 14.2 Å². The Balaban J connectivity index is 1.73. The molecule has 2 N–H and O–H groups in total. The lowest BCUT2D eigenvalue weighted by atomic mass is 10.2. The number of aromatic nitrogens is 2. The molecule has 2 aromatic carbocycles. The van der Waals surface area contributed by atoms with Crippen LogP contribution in [0.15, 0.2) is 48.5 Å². The van der Waals surface area contributed by atoms with Crippen LogP contribution in [0.25, 0.3) is 0 Å². The van der Waals surface area contributed by atoms with E-state index in [4.69, 9.17) is 9.47 Å². The predicted octanol–water partition coefficient (Wildman–Crippen LogP) is 3.81. The molecule has 1 amide bonds. The van der Waals surface area contributed by atoms with Crippen molar-refractivity contribution in [2.24, 2.45) is 0 Å². The summed E-state index contributed by atoms with van der Waals surface area (Å²) in [4.78, 5) is 21.2. The normalized spacial score (nSPS) is 10.3. The zero-order chi connectivity index (χ0) is 20.8. The lowest BCUT2D eigenvalue weighted by molar-refractivity contribution is 0.102. The second-order valence-corrected chi connectivity index (χ2v) is 6.22. The Morgan fingerprint density at radius 1 is 1.00 bits per heavy atom. The summed E-state index contributed by atoms with van der Waals surface area (Å²) < 4.78 is 23.5. The van der Waals surface area contributed by atoms with Crippen molar-refractivity contribution in [1.82, 2.24) is 9.97 Å². The molecular weight excluding hydrogens is 375 g/mol. The molecule has 0 aliphatic carbocycles. The highest BCUT2D eigenvalue weighted by molar-refractivity contribution is 6.03. The Bertz CT molecular complexity index is 1010. The molecule has 1 aromatic heterocycles. The topological polar surface area (TPSA) is 85.4 Å². The van der Waals surface area contributed by atoms with Gasteiger partial charge in [-0.15, -0.1) is 0 Å². The molecule has 29 heavy (non-hydrogen) atoms. The number of hydrogen-bond acceptors (Lipinski definition) is 6. The van der Waals surface area contributed by atoms with Crippen LogP contribution in [0.5, 0.6) is 11.5 Å². The maximum atomic E-state index is 13.0. The molecule has 8 heteroatoms. The molecule has 0 fully saturated rings. The highest BCUT2D eigenvalue weighted by Gasteiger charge is 2.13. The summed E-state index contributed by atoms with van der Waals surface area (Å²) in [5.41, 5.74) is 2.27. The van der Waals surface area contributed by atoms with Crippen molar-refractivity contribution in [3.63, 3.8) is 0 Å². The average Bonchev–Trinajstić information content (AvgIpc) is 2.72. The van der Waals surface area contributed by atoms with Crippen LogP contribution < -0.4 is 20.1 Å². The maximum Gasteiger partial charge on any atom is 0.274 e. The number of methoxy groups -OCH3 is 2. The number of benzene rings is 2. The van der Waals surface area contributed by atoms with E-state index in [9.17, 15) is 9.18 Å². The number of carbonyl (C=O) groups excluding carboxylic acids is 1. The highest BCUT2D eigenvalue weighted by Crippen LogP contribution is 2.29. The number of anilines is 2. The molecule has 0 radical (unpaired) electrons. The monoisotopic (exact) mass is 396 g/mol. The third-order valence-electron chi connectivity index (χ3n) is 4.09. The molecule has 0 saturated carbocycles. The number of ether oxygens (including phenoxy) is 2. The molecule has 0 atom stereocenters. The fourth-order valence-electron chi connectivity index (χ4n) is 2.66. The zero-order valence-electron chi connectivity index (χ0n) is 16.3. The van der Waals surface area contributed by atoms with E-state index in [1.165, 1.54) is 19.2 Å². The zero-order valence-corrected chi connectivity index (χ0v) is 16.3. The molecule has 0 spiro atoms. The Kier molecular flexibility index (Phi) is 6.23. The molecule has 0 aliphatic heterocycles. The number of halogens is 1. The van der Waals surface area contributed by atoms with Crippen molar-refractivity contribution in [1.29, 1.82) is 0 Å². The molecule has 0 bridgehead atoms. The third-order valence-corrected chi connectivity index (χ3v) is 4.09. The van der Waals surface area contributed by atoms with Gasteiger partial charge in [0.1, 0.15) is 11.5 Å². The van der Waals surface area contributed by atoms with Gasteiger partial charge in [-0.3, -0.25) is 4.79 Å². The van der Waals surface area contributed by atoms with Crippen LogP contribution >= 0.6 is 0 Å². The summed E-state index contributed by atoms with van der Waals surface area (Å²) in [7, 11) is 3.07. The van der Waals surface area contributed by atoms with Gasteiger partial charge in [-0.1, -0.05) is 12.1 Å². The van der Waals surface area contributed by atoms with E-state index in [-0.39, 0.29) is 17.4 Å². The second kappa shape index (κ2) is 9.01. The van der Waals surface area contributed by atoms with Gasteiger partial charge in [-0.05, 0) is 42.8 Å². The maximum absolute atomic E-state index is 13.0. The van der Waals surface area contributed by atoms with Crippen LogP contribution in [0, 0.1) is 12.7 Å². The second-order valence-electron chi connectivity index (χ2n) is 6.22. The number of rotatable bonds is 7. The van der Waals surface area contributed by atoms with E-state index in [2.05, 4.69) is 20.6 Å². The van der Waals surface area contributed by atoms with Crippen LogP contribution in [0.4, 0.5) is 16.0 Å². The standard InChI is InChI=1S/C21H21FN4O3/c1-13-10-17(20(27)25-16-8-9-18(28-2)19(11-16)29-3)26-21(24-13)23-12-14-4-6-15(22)7-5-14/h4-11H,12H2,1-3H3,(H,25,27)(H,23,24,26). The first-order valence-electron chi connectivity index (χ1n) is 8.86. The van der Waals surface area contributed by atoms with Gasteiger partial charge >= 0.3 is 0 Å². The van der Waals surface area contributed by atoms with Gasteiger partial charge in [0.2, 0.25) is 5.95 Å². The first kappa shape index (κ1) is 20.1. The molecule has 7 nitrogen and oxygen atoms in total. The first-order valence-corrected chi connectivity index (χ1v) is 8.86. The predicted molar refractivity (Wildman–Crippen MR) is 108 cm³/mol. The largest absolute Gasteiger partial charge is 0.493 e. The minimum Gasteiger partial charge on any atom is -0.493 e. The fraction of sp³-hybridized carbons (Fsp3) is 0.190. The van der Waals surface area contributed by atoms with Crippen LogP contribution in [-0.4, -0.2) is 30.1 Å². The molecule has 0 saturated heterocycles. The quantitative estimate of drug-likeness (QED) is 0.632. The molecule has 0 unspecified atom stereocenters. The van der Waals surface area contributed by atoms with Gasteiger partial charge in [-0.2, -0.15) is 0 Å². The third kappa shape index (κ3) is 5.19. The Labute approximate surface area is 167 Å². The van der Waals surface area contributed by atoms with E-state index in [1.807, 2.05) is 0 Å². The van der Waals surface area contributed by atoms with Gasteiger partial charge in [-0.25, -0.2) is 14.4 Å². The van der Waals surface area contributed by atoms with Crippen molar-refractivity contribution in [2.45, 2.75) is 13.5 Å². The summed E-state index contributed by atoms with van der Waals surface area (Å²) in [6, 6.07) is 12.8. The number of amides is 1. The number of hydrogen-bond donors (Lipinski definition) is 2. The first-order chi connectivity index (χ1) is 14.0. The molecular formula is C21H21FN4O3. The number of nitrogens with zero attached hydrogens (tertiary/aromatic N) is 2. The van der Waals surface area contributed by atoms with Gasteiger partial charge in [0, 0.05) is 24.0 Å². The number of carbonyl (C=O) groups is 1. The van der Waals surface area contributed by atoms with Gasteiger partial charge in [0.15, 0.2) is 11.5 Å². The Hall–Kier alpha value is -3.68. The van der Waals surface area contributed by atoms with Crippen LogP contribution in [0.2, 0.25) is 0 Å². The summed E-state index contributed by atoms with van der Waals surface area (Å²) >= 11 is 0. The summed E-state index contributed by atoms with van der Waals surface area (Å²) in [6.07, 6.45) is 0. The van der Waals surface area contributed by atoms with Crippen LogP contribution in [0.3, 0.4) is 0 Å². The van der Waals surface area contributed by atoms with E-state index in [1.54, 1.807) is 50.4 Å². The summed E-state index contributed by atoms with van der Waals surface area (Å²) in [5, 5.41) is 5.84. The molecule has 0 aliphatic rings. The lowest BCUT2D eigenvalue weighted by Gasteiger charge is -2.11. The van der Waals surface area contributed by atoms with Gasteiger partial charge in [0.25, 0.3) is 5.91 Å². The fourth-order valence-corrected chi connectivity index (χ4v) is 2.66. The van der Waals surface area contributed by atoms with E-state index >= 15 is 0 Å². The molecule has 3 aromatic rings. The van der Waals surface area contributed by atoms with E-state index in [0.29, 0.717) is 35.4 Å². The lowest BCUT2D eigenvalue weighted by Crippen LogP contribution is -2.16. The SMILES string of the molecule is COc1ccc(NC(=O)c2cc(C)nc(NCc3ccc(F)cc3)n2)cc1OC. The van der Waals surface area contributed by atoms with Crippen LogP contribution in [-0.2, 0) is 6.54 Å². The van der Waals surface area contributed by atoms with E-state index in [0.717, 1.165) is 5.56 Å². The smallest absolute Gasteiger partial charge is 0.274 e. The van der Waals surface area contributed by atoms with Crippen LogP contribution in [0.1, 0.15) is 21.7 Å². The van der Waals surface area contributed by atoms with Crippen molar-refractivity contribution >= 4 is 17.5 Å². The van der Waals surface area contributed by atoms with Gasteiger partial charge < -0.3 is 20.1 Å². The summed E-state index contributed by atoms with van der Waals surface area (Å²) in [6.45, 7) is 2.18. The van der Waals surface area contributed by atoms with Crippen molar-refractivity contribution in [2.75, 3.05) is 24.9 Å². The molecule has 1 heterocycles. The van der Waals surface area contributed by atoms with Crippen molar-refractivity contribution in [3.8, 4) is 11.5 Å². The molecule has 3 rings (SSSR count).